The number of nitrogens with zero attached hydrogens (tertiary/aromatic N) is 2. The van der Waals surface area contributed by atoms with Gasteiger partial charge in [-0.1, -0.05) is 42.0 Å². The van der Waals surface area contributed by atoms with Crippen LogP contribution in [-0.2, 0) is 13.1 Å². The van der Waals surface area contributed by atoms with Crippen molar-refractivity contribution in [1.82, 2.24) is 15.1 Å². The highest BCUT2D eigenvalue weighted by Gasteiger charge is 2.18. The fourth-order valence-corrected chi connectivity index (χ4v) is 3.21. The van der Waals surface area contributed by atoms with Gasteiger partial charge in [0.25, 0.3) is 0 Å². The van der Waals surface area contributed by atoms with Gasteiger partial charge < -0.3 is 10.2 Å². The molecule has 1 aliphatic rings. The monoisotopic (exact) mass is 357 g/mol. The molecule has 0 radical (unpaired) electrons. The van der Waals surface area contributed by atoms with Crippen molar-refractivity contribution < 1.29 is 4.39 Å². The second-order valence-corrected chi connectivity index (χ2v) is 6.92. The summed E-state index contributed by atoms with van der Waals surface area (Å²) in [6.07, 6.45) is 0. The Morgan fingerprint density at radius 3 is 2.20 bits per heavy atom. The predicted molar refractivity (Wildman–Crippen MR) is 104 cm³/mol. The maximum Gasteiger partial charge on any atom is 0.169 e. The lowest BCUT2D eigenvalue weighted by molar-refractivity contribution is 0.174. The third kappa shape index (κ3) is 5.25. The topological polar surface area (TPSA) is 18.5 Å². The number of aryl methyl sites for hydroxylation is 1. The summed E-state index contributed by atoms with van der Waals surface area (Å²) in [7, 11) is 0. The van der Waals surface area contributed by atoms with Crippen molar-refractivity contribution in [3.63, 3.8) is 0 Å². The van der Waals surface area contributed by atoms with E-state index < -0.39 is 0 Å². The van der Waals surface area contributed by atoms with E-state index in [9.17, 15) is 4.39 Å². The quantitative estimate of drug-likeness (QED) is 0.846. The first-order chi connectivity index (χ1) is 12.1. The summed E-state index contributed by atoms with van der Waals surface area (Å²) in [6.45, 7) is 7.61. The molecule has 25 heavy (non-hydrogen) atoms. The first kappa shape index (κ1) is 17.8. The molecule has 1 N–H and O–H groups in total. The minimum atomic E-state index is -0.212. The first-order valence-electron chi connectivity index (χ1n) is 8.65. The molecule has 0 spiro atoms. The Labute approximate surface area is 154 Å². The maximum absolute atomic E-state index is 12.9. The molecular weight excluding hydrogens is 333 g/mol. The van der Waals surface area contributed by atoms with Gasteiger partial charge in [0.1, 0.15) is 5.82 Å². The standard InChI is InChI=1S/C20H24FN3S/c1-16-2-4-18(5-3-16)15-23-10-12-24(13-11-23)20(25)22-14-17-6-8-19(21)9-7-17/h2-9H,10-15H2,1H3,(H,22,25). The number of hydrogen-bond donors (Lipinski definition) is 1. The van der Waals surface area contributed by atoms with Crippen molar-refractivity contribution in [3.05, 3.63) is 71.0 Å². The van der Waals surface area contributed by atoms with Gasteiger partial charge in [-0.2, -0.15) is 0 Å². The highest BCUT2D eigenvalue weighted by atomic mass is 32.1. The molecule has 0 amide bonds. The van der Waals surface area contributed by atoms with Crippen molar-refractivity contribution in [2.75, 3.05) is 26.2 Å². The van der Waals surface area contributed by atoms with E-state index in [0.717, 1.165) is 43.4 Å². The molecule has 0 bridgehead atoms. The number of thiocarbonyl (C=S) groups is 1. The molecular formula is C20H24FN3S. The normalized spacial score (nSPS) is 15.2. The summed E-state index contributed by atoms with van der Waals surface area (Å²) >= 11 is 5.50. The van der Waals surface area contributed by atoms with Gasteiger partial charge in [-0.05, 0) is 42.4 Å². The predicted octanol–water partition coefficient (Wildman–Crippen LogP) is 3.33. The molecule has 0 atom stereocenters. The Morgan fingerprint density at radius 1 is 0.960 bits per heavy atom. The van der Waals surface area contributed by atoms with Crippen molar-refractivity contribution >= 4 is 17.3 Å². The summed E-state index contributed by atoms with van der Waals surface area (Å²) < 4.78 is 12.9. The Morgan fingerprint density at radius 2 is 1.56 bits per heavy atom. The van der Waals surface area contributed by atoms with Crippen LogP contribution < -0.4 is 5.32 Å². The summed E-state index contributed by atoms with van der Waals surface area (Å²) in [5, 5.41) is 4.05. The first-order valence-corrected chi connectivity index (χ1v) is 9.06. The number of halogens is 1. The van der Waals surface area contributed by atoms with Gasteiger partial charge in [0.15, 0.2) is 5.11 Å². The summed E-state index contributed by atoms with van der Waals surface area (Å²) in [4.78, 5) is 4.67. The van der Waals surface area contributed by atoms with E-state index in [0.29, 0.717) is 6.54 Å². The van der Waals surface area contributed by atoms with Crippen LogP contribution in [0, 0.1) is 12.7 Å². The van der Waals surface area contributed by atoms with E-state index in [-0.39, 0.29) is 5.82 Å². The fraction of sp³-hybridized carbons (Fsp3) is 0.350. The van der Waals surface area contributed by atoms with E-state index >= 15 is 0 Å². The van der Waals surface area contributed by atoms with Crippen LogP contribution in [0.15, 0.2) is 48.5 Å². The maximum atomic E-state index is 12.9. The molecule has 132 valence electrons. The van der Waals surface area contributed by atoms with E-state index in [1.165, 1.54) is 23.3 Å². The smallest absolute Gasteiger partial charge is 0.169 e. The van der Waals surface area contributed by atoms with Crippen molar-refractivity contribution in [3.8, 4) is 0 Å². The minimum absolute atomic E-state index is 0.212. The summed E-state index contributed by atoms with van der Waals surface area (Å²) in [5.41, 5.74) is 3.68. The largest absolute Gasteiger partial charge is 0.358 e. The summed E-state index contributed by atoms with van der Waals surface area (Å²) in [6, 6.07) is 15.3. The molecule has 0 saturated carbocycles. The lowest BCUT2D eigenvalue weighted by Crippen LogP contribution is -2.51. The molecule has 0 unspecified atom stereocenters. The second kappa shape index (κ2) is 8.41. The van der Waals surface area contributed by atoms with E-state index in [4.69, 9.17) is 12.2 Å². The second-order valence-electron chi connectivity index (χ2n) is 6.53. The van der Waals surface area contributed by atoms with Gasteiger partial charge in [0, 0.05) is 39.3 Å². The van der Waals surface area contributed by atoms with Crippen molar-refractivity contribution in [2.24, 2.45) is 0 Å². The van der Waals surface area contributed by atoms with Crippen LogP contribution in [0.25, 0.3) is 0 Å². The van der Waals surface area contributed by atoms with Crippen LogP contribution in [0.3, 0.4) is 0 Å². The third-order valence-corrected chi connectivity index (χ3v) is 4.95. The van der Waals surface area contributed by atoms with Crippen LogP contribution in [0.1, 0.15) is 16.7 Å². The van der Waals surface area contributed by atoms with Gasteiger partial charge in [-0.25, -0.2) is 4.39 Å². The van der Waals surface area contributed by atoms with Gasteiger partial charge in [-0.3, -0.25) is 4.90 Å². The molecule has 1 aliphatic heterocycles. The molecule has 3 rings (SSSR count). The van der Waals surface area contributed by atoms with Gasteiger partial charge in [-0.15, -0.1) is 0 Å². The van der Waals surface area contributed by atoms with Gasteiger partial charge >= 0.3 is 0 Å². The zero-order valence-electron chi connectivity index (χ0n) is 14.5. The van der Waals surface area contributed by atoms with Crippen molar-refractivity contribution in [2.45, 2.75) is 20.0 Å². The summed E-state index contributed by atoms with van der Waals surface area (Å²) in [5.74, 6) is -0.212. The minimum Gasteiger partial charge on any atom is -0.358 e. The van der Waals surface area contributed by atoms with E-state index in [2.05, 4.69) is 46.3 Å². The fourth-order valence-electron chi connectivity index (χ4n) is 2.95. The Balaban J connectivity index is 1.42. The highest BCUT2D eigenvalue weighted by Crippen LogP contribution is 2.10. The number of nitrogens with one attached hydrogen (secondary N) is 1. The third-order valence-electron chi connectivity index (χ3n) is 4.54. The Hall–Kier alpha value is -1.98. The lowest BCUT2D eigenvalue weighted by atomic mass is 10.1. The SMILES string of the molecule is Cc1ccc(CN2CCN(C(=S)NCc3ccc(F)cc3)CC2)cc1. The average Bonchev–Trinajstić information content (AvgIpc) is 2.63. The Kier molecular flexibility index (Phi) is 6.00. The molecule has 2 aromatic rings. The molecule has 3 nitrogen and oxygen atoms in total. The molecule has 2 aromatic carbocycles. The number of benzene rings is 2. The Bertz CT molecular complexity index is 692. The lowest BCUT2D eigenvalue weighted by Gasteiger charge is -2.36. The molecule has 1 heterocycles. The molecule has 0 aromatic heterocycles. The van der Waals surface area contributed by atoms with Gasteiger partial charge in [0.05, 0.1) is 0 Å². The van der Waals surface area contributed by atoms with Crippen molar-refractivity contribution in [1.29, 1.82) is 0 Å². The molecule has 1 saturated heterocycles. The van der Waals surface area contributed by atoms with Crippen LogP contribution in [-0.4, -0.2) is 41.1 Å². The van der Waals surface area contributed by atoms with Crippen LogP contribution >= 0.6 is 12.2 Å². The van der Waals surface area contributed by atoms with Crippen LogP contribution in [0.2, 0.25) is 0 Å². The van der Waals surface area contributed by atoms with E-state index in [1.807, 2.05) is 0 Å². The number of piperazine rings is 1. The average molecular weight is 357 g/mol. The zero-order chi connectivity index (χ0) is 17.6. The number of rotatable bonds is 4. The molecule has 1 fully saturated rings. The van der Waals surface area contributed by atoms with E-state index in [1.54, 1.807) is 12.1 Å². The molecule has 5 heteroatoms. The van der Waals surface area contributed by atoms with Crippen LogP contribution in [0.5, 0.6) is 0 Å². The van der Waals surface area contributed by atoms with Gasteiger partial charge in [0.2, 0.25) is 0 Å². The van der Waals surface area contributed by atoms with Crippen LogP contribution in [0.4, 0.5) is 4.39 Å². The molecule has 0 aliphatic carbocycles. The highest BCUT2D eigenvalue weighted by molar-refractivity contribution is 7.80. The zero-order valence-corrected chi connectivity index (χ0v) is 15.4. The number of hydrogen-bond acceptors (Lipinski definition) is 2.